The molecule has 0 aliphatic carbocycles. The second-order valence-electron chi connectivity index (χ2n) is 36.6. The van der Waals surface area contributed by atoms with Crippen molar-refractivity contribution < 1.29 is 69.0 Å². The van der Waals surface area contributed by atoms with Gasteiger partial charge in [-0.25, -0.2) is 0 Å². The molecule has 0 spiro atoms. The zero-order valence-corrected chi connectivity index (χ0v) is 75.7. The first kappa shape index (κ1) is 96.4. The largest absolute Gasteiger partial charge is 0.437 e. The van der Waals surface area contributed by atoms with Crippen LogP contribution in [0, 0.1) is 34.0 Å². The van der Waals surface area contributed by atoms with Crippen molar-refractivity contribution in [2.24, 2.45) is 34.0 Å². The summed E-state index contributed by atoms with van der Waals surface area (Å²) in [6, 6.07) is 26.2. The number of carbonyl (C=O) groups is 3. The van der Waals surface area contributed by atoms with Crippen molar-refractivity contribution in [3.05, 3.63) is 192 Å². The van der Waals surface area contributed by atoms with Crippen LogP contribution in [0.15, 0.2) is 141 Å². The molecule has 3 aromatic carbocycles. The molecule has 120 heavy (non-hydrogen) atoms. The van der Waals surface area contributed by atoms with E-state index in [0.29, 0.717) is 95.9 Å². The lowest BCUT2D eigenvalue weighted by Gasteiger charge is -2.49. The summed E-state index contributed by atoms with van der Waals surface area (Å²) >= 11 is 10.3. The van der Waals surface area contributed by atoms with Crippen LogP contribution in [-0.2, 0) is 32.9 Å². The highest BCUT2D eigenvalue weighted by Crippen LogP contribution is 2.43. The Labute approximate surface area is 728 Å². The summed E-state index contributed by atoms with van der Waals surface area (Å²) in [6.45, 7) is 34.4. The minimum absolute atomic E-state index is 0.0706. The third-order valence-electron chi connectivity index (χ3n) is 25.0. The number of hydrogen-bond donors (Lipinski definition) is 3. The van der Waals surface area contributed by atoms with Crippen molar-refractivity contribution in [2.45, 2.75) is 195 Å². The molecule has 6 saturated heterocycles. The number of alkyl halides is 9. The van der Waals surface area contributed by atoms with E-state index in [1.54, 1.807) is 75.5 Å². The number of piperidine rings is 3. The van der Waals surface area contributed by atoms with Gasteiger partial charge in [0.25, 0.3) is 0 Å². The Kier molecular flexibility index (Phi) is 33.0. The van der Waals surface area contributed by atoms with Crippen molar-refractivity contribution in [2.75, 3.05) is 98.2 Å². The number of halogens is 12. The molecular formula is C87H117B3Br3F9N12O6. The highest BCUT2D eigenvalue weighted by molar-refractivity contribution is 9.11. The van der Waals surface area contributed by atoms with Gasteiger partial charge < -0.3 is 44.2 Å². The number of carbonyl (C=O) groups excluding carboxylic acids is 3. The van der Waals surface area contributed by atoms with Crippen molar-refractivity contribution in [1.82, 2.24) is 58.8 Å². The normalized spacial score (nSPS) is 20.9. The Morgan fingerprint density at radius 3 is 0.750 bits per heavy atom. The monoisotopic (exact) mass is 1870 g/mol. The summed E-state index contributed by atoms with van der Waals surface area (Å²) in [5, 5.41) is 29.6. The molecular weight excluding hydrogens is 1750 g/mol. The number of aromatic nitrogens is 3. The lowest BCUT2D eigenvalue weighted by atomic mass is 9.80. The summed E-state index contributed by atoms with van der Waals surface area (Å²) in [5.41, 5.74) is 1.80. The third-order valence-corrected chi connectivity index (χ3v) is 26.4. The second-order valence-corrected chi connectivity index (χ2v) is 39.4. The molecule has 0 saturated carbocycles. The number of piperazine rings is 3. The zero-order chi connectivity index (χ0) is 87.7. The molecule has 18 nitrogen and oxygen atoms in total. The Morgan fingerprint density at radius 2 is 0.575 bits per heavy atom. The third kappa shape index (κ3) is 25.9. The van der Waals surface area contributed by atoms with Gasteiger partial charge in [-0.05, 0) is 270 Å². The lowest BCUT2D eigenvalue weighted by molar-refractivity contribution is -0.142. The van der Waals surface area contributed by atoms with Crippen molar-refractivity contribution in [3.63, 3.8) is 0 Å². The average molecular weight is 1870 g/mol. The Bertz CT molecular complexity index is 3830. The molecule has 0 radical (unpaired) electrons. The molecule has 3 N–H and O–H groups in total. The molecule has 6 fully saturated rings. The van der Waals surface area contributed by atoms with Gasteiger partial charge in [0.15, 0.2) is 0 Å². The number of amides is 3. The summed E-state index contributed by atoms with van der Waals surface area (Å²) < 4.78 is 122. The van der Waals surface area contributed by atoms with Gasteiger partial charge in [-0.3, -0.25) is 44.0 Å². The number of pyridine rings is 3. The van der Waals surface area contributed by atoms with Gasteiger partial charge in [0.1, 0.15) is 0 Å². The van der Waals surface area contributed by atoms with Crippen LogP contribution in [0.4, 0.5) is 39.5 Å². The smallest absolute Gasteiger partial charge is 0.416 e. The summed E-state index contributed by atoms with van der Waals surface area (Å²) in [6.07, 6.45) is -1.26. The van der Waals surface area contributed by atoms with Gasteiger partial charge >= 0.3 is 39.7 Å². The Balaban J connectivity index is 0.000000189. The highest BCUT2D eigenvalue weighted by atomic mass is 79.9. The van der Waals surface area contributed by atoms with E-state index in [2.05, 4.69) is 140 Å². The van der Waals surface area contributed by atoms with E-state index < -0.39 is 56.4 Å². The first-order chi connectivity index (χ1) is 56.2. The molecule has 6 atom stereocenters. The molecule has 12 rings (SSSR count). The van der Waals surface area contributed by atoms with E-state index in [0.717, 1.165) is 161 Å². The predicted octanol–water partition coefficient (Wildman–Crippen LogP) is 17.2. The fourth-order valence-corrected chi connectivity index (χ4v) is 18.5. The first-order valence-corrected chi connectivity index (χ1v) is 44.3. The van der Waals surface area contributed by atoms with Crippen LogP contribution >= 0.6 is 47.8 Å². The van der Waals surface area contributed by atoms with E-state index in [9.17, 15) is 69.0 Å². The fourth-order valence-electron chi connectivity index (χ4n) is 17.8. The van der Waals surface area contributed by atoms with Crippen LogP contribution in [-0.4, -0.2) is 229 Å². The molecule has 6 aliphatic rings. The number of hydrogen-bond acceptors (Lipinski definition) is 15. The van der Waals surface area contributed by atoms with Gasteiger partial charge in [-0.2, -0.15) is 39.5 Å². The molecule has 6 aromatic rings. The standard InChI is InChI=1S/3C29H39BBrF3N4O2/c3*1-28(2,3)25-19-36(15-16-38(25)26(39)17-20-11-13-37(14-12-20)30(4)40)27(24-10-9-23(31)18-35-24)21-5-7-22(8-6-21)29(32,33)34/h3*5-10,18,20,25,27,40H,11-17,19H2,1-4H3/t3*25-,27?/m111/s1. The van der Waals surface area contributed by atoms with E-state index in [-0.39, 0.29) is 70.2 Å². The number of benzene rings is 3. The van der Waals surface area contributed by atoms with Gasteiger partial charge in [-0.15, -0.1) is 0 Å². The summed E-state index contributed by atoms with van der Waals surface area (Å²) in [7, 11) is -1.39. The second kappa shape index (κ2) is 41.1. The molecule has 3 aromatic heterocycles. The maximum atomic E-state index is 13.6. The van der Waals surface area contributed by atoms with E-state index >= 15 is 0 Å². The lowest BCUT2D eigenvalue weighted by Crippen LogP contribution is -2.60. The van der Waals surface area contributed by atoms with Crippen LogP contribution in [0.1, 0.15) is 189 Å². The zero-order valence-electron chi connectivity index (χ0n) is 71.0. The Morgan fingerprint density at radius 1 is 0.358 bits per heavy atom. The highest BCUT2D eigenvalue weighted by Gasteiger charge is 2.47. The van der Waals surface area contributed by atoms with Crippen LogP contribution in [0.25, 0.3) is 0 Å². The van der Waals surface area contributed by atoms with Gasteiger partial charge in [0.2, 0.25) is 17.7 Å². The average Bonchev–Trinajstić information content (AvgIpc) is 0.782. The summed E-state index contributed by atoms with van der Waals surface area (Å²) in [5.74, 6) is 1.36. The van der Waals surface area contributed by atoms with E-state index in [1.165, 1.54) is 0 Å². The molecule has 33 heteroatoms. The van der Waals surface area contributed by atoms with Crippen LogP contribution < -0.4 is 0 Å². The summed E-state index contributed by atoms with van der Waals surface area (Å²) in [4.78, 5) is 73.7. The van der Waals surface area contributed by atoms with Crippen molar-refractivity contribution in [3.8, 4) is 0 Å². The number of nitrogens with zero attached hydrogens (tertiary/aromatic N) is 12. The topological polar surface area (TPSA) is 180 Å². The maximum Gasteiger partial charge on any atom is 0.416 e. The molecule has 9 heterocycles. The van der Waals surface area contributed by atoms with Crippen LogP contribution in [0.2, 0.25) is 20.5 Å². The fraction of sp³-hybridized carbons (Fsp3) is 0.586. The minimum Gasteiger partial charge on any atom is -0.437 e. The molecule has 3 amide bonds. The molecule has 0 bridgehead atoms. The number of rotatable bonds is 18. The Hall–Kier alpha value is -5.84. The molecule has 6 aliphatic heterocycles. The van der Waals surface area contributed by atoms with E-state index in [4.69, 9.17) is 0 Å². The molecule has 654 valence electrons. The van der Waals surface area contributed by atoms with Crippen LogP contribution in [0.5, 0.6) is 0 Å². The maximum absolute atomic E-state index is 13.6. The predicted molar refractivity (Wildman–Crippen MR) is 464 cm³/mol. The van der Waals surface area contributed by atoms with Crippen molar-refractivity contribution >= 4 is 86.7 Å². The SMILES string of the molecule is CB(O)N1CCC(CC(=O)N2CCN(C(c3ccc(C(F)(F)F)cc3)c3ccc(Br)cn3)C[C@@H]2C(C)(C)C)CC1.CB(O)N1CCC(CC(=O)N2CCN(C(c3ccc(C(F)(F)F)cc3)c3ccc(Br)cn3)C[C@@H]2C(C)(C)C)CC1.CB(O)N1CCC(CC(=O)N2CCN(C(c3ccc(C(F)(F)F)cc3)c3ccc(Br)cn3)C[C@@H]2C(C)(C)C)CC1. The van der Waals surface area contributed by atoms with Gasteiger partial charge in [0.05, 0.1) is 51.9 Å². The van der Waals surface area contributed by atoms with Crippen molar-refractivity contribution in [1.29, 1.82) is 0 Å². The first-order valence-electron chi connectivity index (χ1n) is 41.9. The van der Waals surface area contributed by atoms with Crippen LogP contribution in [0.3, 0.4) is 0 Å². The van der Waals surface area contributed by atoms with Gasteiger partial charge in [-0.1, -0.05) is 98.7 Å². The minimum atomic E-state index is -4.40. The molecule has 3 unspecified atom stereocenters. The quantitative estimate of drug-likeness (QED) is 0.0546. The van der Waals surface area contributed by atoms with E-state index in [1.807, 2.05) is 65.5 Å². The van der Waals surface area contributed by atoms with Gasteiger partial charge in [0, 0.05) is 128 Å².